The molecule has 1 saturated heterocycles. The van der Waals surface area contributed by atoms with Crippen LogP contribution in [-0.4, -0.2) is 49.4 Å². The molecule has 1 aliphatic rings. The van der Waals surface area contributed by atoms with Gasteiger partial charge in [-0.25, -0.2) is 13.6 Å². The highest BCUT2D eigenvalue weighted by Gasteiger charge is 2.34. The van der Waals surface area contributed by atoms with E-state index in [0.29, 0.717) is 18.7 Å². The summed E-state index contributed by atoms with van der Waals surface area (Å²) in [5.41, 5.74) is 0.0490. The van der Waals surface area contributed by atoms with Crippen molar-refractivity contribution in [3.8, 4) is 5.75 Å². The third kappa shape index (κ3) is 6.32. The lowest BCUT2D eigenvalue weighted by molar-refractivity contribution is -0.137. The fraction of sp³-hybridized carbons (Fsp3) is 0.409. The first-order chi connectivity index (χ1) is 15.1. The molecular formula is C22H22F5NO4. The fourth-order valence-electron chi connectivity index (χ4n) is 3.54. The van der Waals surface area contributed by atoms with E-state index in [0.717, 1.165) is 12.1 Å². The lowest BCUT2D eigenvalue weighted by Crippen LogP contribution is -2.33. The summed E-state index contributed by atoms with van der Waals surface area (Å²) in [5, 5.41) is 9.07. The molecule has 5 nitrogen and oxygen atoms in total. The van der Waals surface area contributed by atoms with Crippen LogP contribution in [0.15, 0.2) is 48.5 Å². The van der Waals surface area contributed by atoms with Gasteiger partial charge in [0.05, 0.1) is 36.9 Å². The second kappa shape index (κ2) is 10.2. The molecule has 32 heavy (non-hydrogen) atoms. The number of rotatable bonds is 9. The summed E-state index contributed by atoms with van der Waals surface area (Å²) in [6.45, 7) is 0.418. The average molecular weight is 459 g/mol. The molecule has 0 unspecified atom stereocenters. The quantitative estimate of drug-likeness (QED) is 0.418. The van der Waals surface area contributed by atoms with Gasteiger partial charge in [-0.2, -0.15) is 13.2 Å². The van der Waals surface area contributed by atoms with E-state index in [1.54, 1.807) is 12.1 Å². The minimum Gasteiger partial charge on any atom is -0.489 e. The van der Waals surface area contributed by atoms with Crippen LogP contribution in [0.5, 0.6) is 5.75 Å². The molecule has 3 rings (SSSR count). The molecule has 10 heteroatoms. The Balaban J connectivity index is 1.69. The van der Waals surface area contributed by atoms with Gasteiger partial charge in [0.15, 0.2) is 0 Å². The van der Waals surface area contributed by atoms with E-state index in [9.17, 15) is 26.7 Å². The van der Waals surface area contributed by atoms with Gasteiger partial charge in [0.2, 0.25) is 6.43 Å². The van der Waals surface area contributed by atoms with E-state index < -0.39 is 24.1 Å². The number of benzene rings is 2. The summed E-state index contributed by atoms with van der Waals surface area (Å²) < 4.78 is 74.2. The minimum absolute atomic E-state index is 0.107. The first kappa shape index (κ1) is 23.8. The molecule has 0 saturated carbocycles. The Kier molecular flexibility index (Phi) is 7.55. The Morgan fingerprint density at radius 1 is 1.09 bits per heavy atom. The molecule has 0 bridgehead atoms. The molecule has 2 aromatic carbocycles. The average Bonchev–Trinajstić information content (AvgIpc) is 3.13. The molecule has 0 aromatic heterocycles. The molecule has 1 N–H and O–H groups in total. The van der Waals surface area contributed by atoms with Gasteiger partial charge in [0.25, 0.3) is 0 Å². The van der Waals surface area contributed by atoms with Crippen LogP contribution in [0.3, 0.4) is 0 Å². The van der Waals surface area contributed by atoms with Crippen LogP contribution >= 0.6 is 0 Å². The lowest BCUT2D eigenvalue weighted by Gasteiger charge is -2.26. The van der Waals surface area contributed by atoms with E-state index >= 15 is 0 Å². The highest BCUT2D eigenvalue weighted by atomic mass is 19.4. The predicted molar refractivity (Wildman–Crippen MR) is 106 cm³/mol. The van der Waals surface area contributed by atoms with Crippen molar-refractivity contribution >= 4 is 11.7 Å². The fourth-order valence-corrected chi connectivity index (χ4v) is 3.54. The Hall–Kier alpha value is -2.88. The number of anilines is 1. The molecule has 0 amide bonds. The smallest absolute Gasteiger partial charge is 0.416 e. The van der Waals surface area contributed by atoms with Crippen LogP contribution in [0.4, 0.5) is 27.6 Å². The van der Waals surface area contributed by atoms with E-state index in [-0.39, 0.29) is 43.1 Å². The van der Waals surface area contributed by atoms with Crippen LogP contribution < -0.4 is 9.64 Å². The number of carboxylic acid groups (broad SMARTS) is 1. The molecule has 0 aliphatic carbocycles. The first-order valence-corrected chi connectivity index (χ1v) is 9.93. The summed E-state index contributed by atoms with van der Waals surface area (Å²) >= 11 is 0. The number of carboxylic acids is 1. The second-order valence-corrected chi connectivity index (χ2v) is 7.41. The standard InChI is InChI=1S/C22H22F5NO4/c23-20(24)9-10-31-13-17-11-19(32-18-7-3-15(4-8-18)22(25,26)27)12-28(17)16-5-1-14(2-6-16)21(29)30/h1-8,17,19-20H,9-13H2,(H,29,30)/t17-,19+/m0/s1. The van der Waals surface area contributed by atoms with Crippen LogP contribution in [-0.2, 0) is 10.9 Å². The maximum Gasteiger partial charge on any atom is 0.416 e. The summed E-state index contributed by atoms with van der Waals surface area (Å²) in [6, 6.07) is 10.3. The van der Waals surface area contributed by atoms with E-state index in [1.165, 1.54) is 24.3 Å². The van der Waals surface area contributed by atoms with Crippen LogP contribution in [0.25, 0.3) is 0 Å². The molecule has 1 heterocycles. The van der Waals surface area contributed by atoms with Crippen LogP contribution in [0.1, 0.15) is 28.8 Å². The molecule has 0 radical (unpaired) electrons. The first-order valence-electron chi connectivity index (χ1n) is 9.93. The lowest BCUT2D eigenvalue weighted by atomic mass is 10.1. The third-order valence-corrected chi connectivity index (χ3v) is 5.10. The number of hydrogen-bond donors (Lipinski definition) is 1. The van der Waals surface area contributed by atoms with Crippen molar-refractivity contribution in [1.82, 2.24) is 0 Å². The number of ether oxygens (including phenoxy) is 2. The van der Waals surface area contributed by atoms with Crippen LogP contribution in [0.2, 0.25) is 0 Å². The van der Waals surface area contributed by atoms with Gasteiger partial charge in [-0.05, 0) is 48.5 Å². The maximum atomic E-state index is 12.7. The van der Waals surface area contributed by atoms with Crippen LogP contribution in [0, 0.1) is 0 Å². The van der Waals surface area contributed by atoms with Gasteiger partial charge in [-0.1, -0.05) is 0 Å². The minimum atomic E-state index is -4.44. The maximum absolute atomic E-state index is 12.7. The zero-order chi connectivity index (χ0) is 23.3. The number of carbonyl (C=O) groups is 1. The molecule has 1 aliphatic heterocycles. The van der Waals surface area contributed by atoms with Gasteiger partial charge in [-0.3, -0.25) is 0 Å². The Morgan fingerprint density at radius 2 is 1.75 bits per heavy atom. The molecule has 2 atom stereocenters. The number of nitrogens with zero attached hydrogens (tertiary/aromatic N) is 1. The number of hydrogen-bond acceptors (Lipinski definition) is 4. The zero-order valence-electron chi connectivity index (χ0n) is 16.9. The summed E-state index contributed by atoms with van der Waals surface area (Å²) in [4.78, 5) is 13.0. The van der Waals surface area contributed by atoms with E-state index in [4.69, 9.17) is 14.6 Å². The molecular weight excluding hydrogens is 437 g/mol. The summed E-state index contributed by atoms with van der Waals surface area (Å²) in [5.74, 6) is -0.781. The summed E-state index contributed by atoms with van der Waals surface area (Å²) in [6.07, 6.45) is -7.21. The second-order valence-electron chi connectivity index (χ2n) is 7.41. The van der Waals surface area contributed by atoms with Gasteiger partial charge in [-0.15, -0.1) is 0 Å². The van der Waals surface area contributed by atoms with E-state index in [1.807, 2.05) is 4.90 Å². The van der Waals surface area contributed by atoms with E-state index in [2.05, 4.69) is 0 Å². The molecule has 1 fully saturated rings. The van der Waals surface area contributed by atoms with Crippen molar-refractivity contribution in [3.05, 3.63) is 59.7 Å². The van der Waals surface area contributed by atoms with Crippen molar-refractivity contribution in [2.24, 2.45) is 0 Å². The third-order valence-electron chi connectivity index (χ3n) is 5.10. The molecule has 2 aromatic rings. The van der Waals surface area contributed by atoms with Crippen molar-refractivity contribution in [2.45, 2.75) is 37.6 Å². The number of aromatic carboxylic acids is 1. The predicted octanol–water partition coefficient (Wildman–Crippen LogP) is 5.10. The summed E-state index contributed by atoms with van der Waals surface area (Å²) in [7, 11) is 0. The topological polar surface area (TPSA) is 59.0 Å². The van der Waals surface area contributed by atoms with Gasteiger partial charge in [0.1, 0.15) is 11.9 Å². The zero-order valence-corrected chi connectivity index (χ0v) is 16.9. The largest absolute Gasteiger partial charge is 0.489 e. The monoisotopic (exact) mass is 459 g/mol. The van der Waals surface area contributed by atoms with Gasteiger partial charge >= 0.3 is 12.1 Å². The highest BCUT2D eigenvalue weighted by molar-refractivity contribution is 5.88. The Labute approximate surface area is 181 Å². The van der Waals surface area contributed by atoms with Gasteiger partial charge < -0.3 is 19.5 Å². The number of halogens is 5. The Morgan fingerprint density at radius 3 is 2.31 bits per heavy atom. The molecule has 174 valence electrons. The SMILES string of the molecule is O=C(O)c1ccc(N2C[C@H](Oc3ccc(C(F)(F)F)cc3)C[C@H]2COCCC(F)F)cc1. The Bertz CT molecular complexity index is 887. The van der Waals surface area contributed by atoms with Crippen molar-refractivity contribution in [1.29, 1.82) is 0 Å². The van der Waals surface area contributed by atoms with Crippen molar-refractivity contribution in [2.75, 3.05) is 24.7 Å². The van der Waals surface area contributed by atoms with Crippen molar-refractivity contribution in [3.63, 3.8) is 0 Å². The van der Waals surface area contributed by atoms with Gasteiger partial charge in [0, 0.05) is 18.5 Å². The highest BCUT2D eigenvalue weighted by Crippen LogP contribution is 2.32. The normalized spacial score (nSPS) is 18.9. The molecule has 0 spiro atoms. The number of alkyl halides is 5. The van der Waals surface area contributed by atoms with Crippen molar-refractivity contribution < 1.29 is 41.3 Å².